The molecule has 9 heteroatoms. The van der Waals surface area contributed by atoms with Crippen LogP contribution < -0.4 is 10.1 Å². The van der Waals surface area contributed by atoms with Gasteiger partial charge in [-0.05, 0) is 37.3 Å². The van der Waals surface area contributed by atoms with Crippen LogP contribution in [0.25, 0.3) is 11.3 Å². The van der Waals surface area contributed by atoms with Crippen molar-refractivity contribution in [3.63, 3.8) is 0 Å². The summed E-state index contributed by atoms with van der Waals surface area (Å²) in [5.74, 6) is 2.42. The number of ether oxygens (including phenoxy) is 1. The normalized spacial score (nSPS) is 12.2. The molecule has 1 N–H and O–H groups in total. The zero-order chi connectivity index (χ0) is 27.2. The van der Waals surface area contributed by atoms with E-state index in [0.717, 1.165) is 34.9 Å². The molecule has 7 nitrogen and oxygen atoms in total. The summed E-state index contributed by atoms with van der Waals surface area (Å²) < 4.78 is 8.43. The second kappa shape index (κ2) is 12.6. The van der Waals surface area contributed by atoms with Crippen LogP contribution in [0.5, 0.6) is 5.75 Å². The van der Waals surface area contributed by atoms with Gasteiger partial charge in [-0.25, -0.2) is 4.98 Å². The van der Waals surface area contributed by atoms with Crippen molar-refractivity contribution < 1.29 is 9.53 Å². The van der Waals surface area contributed by atoms with Crippen LogP contribution in [-0.2, 0) is 11.3 Å². The third-order valence-electron chi connectivity index (χ3n) is 5.93. The first-order chi connectivity index (χ1) is 18.2. The highest BCUT2D eigenvalue weighted by molar-refractivity contribution is 7.99. The number of aryl methyl sites for hydroxylation is 1. The summed E-state index contributed by atoms with van der Waals surface area (Å²) in [4.78, 5) is 17.3. The Labute approximate surface area is 233 Å². The van der Waals surface area contributed by atoms with Crippen molar-refractivity contribution in [3.8, 4) is 17.0 Å². The minimum absolute atomic E-state index is 0.129. The summed E-state index contributed by atoms with van der Waals surface area (Å²) in [6.45, 7) is 13.4. The summed E-state index contributed by atoms with van der Waals surface area (Å²) >= 11 is 2.79. The number of nitrogens with one attached hydrogen (secondary N) is 1. The van der Waals surface area contributed by atoms with Crippen molar-refractivity contribution in [1.29, 1.82) is 0 Å². The van der Waals surface area contributed by atoms with Gasteiger partial charge in [0.05, 0.1) is 11.4 Å². The fourth-order valence-electron chi connectivity index (χ4n) is 4.03. The molecule has 1 unspecified atom stereocenters. The molecule has 38 heavy (non-hydrogen) atoms. The largest absolute Gasteiger partial charge is 0.482 e. The highest BCUT2D eigenvalue weighted by atomic mass is 32.2. The lowest BCUT2D eigenvalue weighted by atomic mass is 10.0. The topological polar surface area (TPSA) is 81.9 Å². The second-order valence-electron chi connectivity index (χ2n) is 10.0. The SMILES string of the molecule is Cc1ccc(-c2csc(NC(=O)CSc3nnc(C(C)Oc4ccccc4C(C)C)n3CC(C)C)n2)cc1. The Morgan fingerprint density at radius 2 is 1.79 bits per heavy atom. The number of thiazole rings is 1. The van der Waals surface area contributed by atoms with Gasteiger partial charge in [0.25, 0.3) is 0 Å². The number of aromatic nitrogens is 4. The van der Waals surface area contributed by atoms with Crippen molar-refractivity contribution in [3.05, 3.63) is 70.9 Å². The van der Waals surface area contributed by atoms with Crippen LogP contribution in [0.1, 0.15) is 63.6 Å². The number of anilines is 1. The number of benzene rings is 2. The van der Waals surface area contributed by atoms with Gasteiger partial charge < -0.3 is 14.6 Å². The highest BCUT2D eigenvalue weighted by Gasteiger charge is 2.22. The molecule has 200 valence electrons. The van der Waals surface area contributed by atoms with E-state index in [0.29, 0.717) is 22.1 Å². The quantitative estimate of drug-likeness (QED) is 0.197. The van der Waals surface area contributed by atoms with E-state index in [2.05, 4.69) is 77.9 Å². The third-order valence-corrected chi connectivity index (χ3v) is 7.66. The molecule has 4 rings (SSSR count). The molecule has 2 aromatic carbocycles. The van der Waals surface area contributed by atoms with E-state index in [1.165, 1.54) is 28.7 Å². The average molecular weight is 550 g/mol. The van der Waals surface area contributed by atoms with Crippen molar-refractivity contribution >= 4 is 34.1 Å². The number of thioether (sulfide) groups is 1. The van der Waals surface area contributed by atoms with Gasteiger partial charge in [0.15, 0.2) is 22.2 Å². The summed E-state index contributed by atoms with van der Waals surface area (Å²) in [7, 11) is 0. The minimum Gasteiger partial charge on any atom is -0.482 e. The monoisotopic (exact) mass is 549 g/mol. The zero-order valence-electron chi connectivity index (χ0n) is 22.8. The highest BCUT2D eigenvalue weighted by Crippen LogP contribution is 2.31. The van der Waals surface area contributed by atoms with Crippen LogP contribution in [-0.4, -0.2) is 31.4 Å². The van der Waals surface area contributed by atoms with Crippen LogP contribution in [0.4, 0.5) is 5.13 Å². The Hall–Kier alpha value is -3.17. The van der Waals surface area contributed by atoms with Crippen molar-refractivity contribution in [1.82, 2.24) is 19.7 Å². The molecule has 0 aliphatic heterocycles. The number of amides is 1. The lowest BCUT2D eigenvalue weighted by Crippen LogP contribution is -2.17. The predicted molar refractivity (Wildman–Crippen MR) is 156 cm³/mol. The molecule has 2 aromatic heterocycles. The molecule has 2 heterocycles. The maximum atomic E-state index is 12.7. The second-order valence-corrected chi connectivity index (χ2v) is 11.8. The third kappa shape index (κ3) is 7.02. The number of hydrogen-bond acceptors (Lipinski definition) is 7. The van der Waals surface area contributed by atoms with Gasteiger partial charge in [-0.2, -0.15) is 0 Å². The number of nitrogens with zero attached hydrogens (tertiary/aromatic N) is 4. The van der Waals surface area contributed by atoms with Crippen LogP contribution in [0.3, 0.4) is 0 Å². The number of rotatable bonds is 11. The van der Waals surface area contributed by atoms with Crippen LogP contribution in [0, 0.1) is 12.8 Å². The Kier molecular flexibility index (Phi) is 9.22. The Morgan fingerprint density at radius 1 is 1.05 bits per heavy atom. The summed E-state index contributed by atoms with van der Waals surface area (Å²) in [6.07, 6.45) is -0.292. The molecule has 0 aliphatic rings. The molecule has 1 atom stereocenters. The lowest BCUT2D eigenvalue weighted by Gasteiger charge is -2.20. The van der Waals surface area contributed by atoms with E-state index < -0.39 is 0 Å². The van der Waals surface area contributed by atoms with E-state index in [4.69, 9.17) is 4.74 Å². The van der Waals surface area contributed by atoms with Gasteiger partial charge in [-0.15, -0.1) is 21.5 Å². The zero-order valence-corrected chi connectivity index (χ0v) is 24.4. The summed E-state index contributed by atoms with van der Waals surface area (Å²) in [5.41, 5.74) is 4.24. The van der Waals surface area contributed by atoms with Gasteiger partial charge in [-0.1, -0.05) is 87.5 Å². The van der Waals surface area contributed by atoms with E-state index >= 15 is 0 Å². The first-order valence-corrected chi connectivity index (χ1v) is 14.7. The Balaban J connectivity index is 1.42. The molecule has 0 fully saturated rings. The van der Waals surface area contributed by atoms with Crippen LogP contribution in [0.15, 0.2) is 59.1 Å². The van der Waals surface area contributed by atoms with Gasteiger partial charge in [0, 0.05) is 17.5 Å². The number of hydrogen-bond donors (Lipinski definition) is 1. The summed E-state index contributed by atoms with van der Waals surface area (Å²) in [6, 6.07) is 16.3. The van der Waals surface area contributed by atoms with E-state index in [1.807, 2.05) is 42.6 Å². The Bertz CT molecular complexity index is 1360. The summed E-state index contributed by atoms with van der Waals surface area (Å²) in [5, 5.41) is 15.1. The molecule has 4 aromatic rings. The maximum absolute atomic E-state index is 12.7. The van der Waals surface area contributed by atoms with Gasteiger partial charge >= 0.3 is 0 Å². The molecular weight excluding hydrogens is 514 g/mol. The van der Waals surface area contributed by atoms with Crippen molar-refractivity contribution in [2.75, 3.05) is 11.1 Å². The van der Waals surface area contributed by atoms with E-state index in [-0.39, 0.29) is 17.8 Å². The Morgan fingerprint density at radius 3 is 2.50 bits per heavy atom. The number of para-hydroxylation sites is 1. The molecule has 0 saturated carbocycles. The molecule has 1 amide bonds. The van der Waals surface area contributed by atoms with Crippen LogP contribution >= 0.6 is 23.1 Å². The van der Waals surface area contributed by atoms with Crippen molar-refractivity contribution in [2.24, 2.45) is 5.92 Å². The molecule has 0 bridgehead atoms. The molecule has 0 radical (unpaired) electrons. The number of carbonyl (C=O) groups excluding carboxylic acids is 1. The number of carbonyl (C=O) groups is 1. The average Bonchev–Trinajstić information content (AvgIpc) is 3.50. The smallest absolute Gasteiger partial charge is 0.236 e. The minimum atomic E-state index is -0.292. The van der Waals surface area contributed by atoms with Crippen LogP contribution in [0.2, 0.25) is 0 Å². The predicted octanol–water partition coefficient (Wildman–Crippen LogP) is 7.36. The first kappa shape index (κ1) is 27.9. The van der Waals surface area contributed by atoms with E-state index in [9.17, 15) is 4.79 Å². The molecule has 0 spiro atoms. The van der Waals surface area contributed by atoms with Gasteiger partial charge in [0.2, 0.25) is 5.91 Å². The molecular formula is C29H35N5O2S2. The standard InChI is InChI=1S/C29H35N5O2S2/c1-18(2)15-34-27(21(6)36-25-10-8-7-9-23(25)19(3)4)32-33-29(34)38-17-26(35)31-28-30-24(16-37-28)22-13-11-20(5)12-14-22/h7-14,16,18-19,21H,15,17H2,1-6H3,(H,30,31,35). The lowest BCUT2D eigenvalue weighted by molar-refractivity contribution is -0.113. The van der Waals surface area contributed by atoms with Gasteiger partial charge in [-0.3, -0.25) is 4.79 Å². The first-order valence-electron chi connectivity index (χ1n) is 12.8. The molecule has 0 aliphatic carbocycles. The fraction of sp³-hybridized carbons (Fsp3) is 0.379. The molecule has 0 saturated heterocycles. The van der Waals surface area contributed by atoms with Gasteiger partial charge in [0.1, 0.15) is 5.75 Å². The maximum Gasteiger partial charge on any atom is 0.236 e. The van der Waals surface area contributed by atoms with E-state index in [1.54, 1.807) is 0 Å². The van der Waals surface area contributed by atoms with Crippen molar-refractivity contribution in [2.45, 2.75) is 65.3 Å². The fourth-order valence-corrected chi connectivity index (χ4v) is 5.52.